The summed E-state index contributed by atoms with van der Waals surface area (Å²) in [5, 5.41) is 11.1. The Balaban J connectivity index is 1.73. The number of nitrogens with zero attached hydrogens (tertiary/aromatic N) is 4. The highest BCUT2D eigenvalue weighted by Crippen LogP contribution is 2.40. The molecule has 1 N–H and O–H groups in total. The standard InChI is InChI=1S/C25H25BrN4O3/c1-28(2)20-10-6-17(7-11-20)22-21(23(31)18-4-8-19(26)9-5-18)24(32)25(33)30(22)14-3-13-29-15-12-27-16-29/h4-12,15-16,22,31H,3,13-14H2,1-2H3/b23-21-. The van der Waals surface area contributed by atoms with E-state index in [1.807, 2.05) is 54.0 Å². The highest BCUT2D eigenvalue weighted by molar-refractivity contribution is 9.10. The van der Waals surface area contributed by atoms with Gasteiger partial charge in [0, 0.05) is 55.3 Å². The molecule has 0 spiro atoms. The topological polar surface area (TPSA) is 78.7 Å². The molecule has 8 heteroatoms. The fraction of sp³-hybridized carbons (Fsp3) is 0.240. The summed E-state index contributed by atoms with van der Waals surface area (Å²) >= 11 is 3.38. The minimum atomic E-state index is -0.667. The number of ketones is 1. The largest absolute Gasteiger partial charge is 0.507 e. The van der Waals surface area contributed by atoms with Crippen LogP contribution in [0.25, 0.3) is 5.76 Å². The molecule has 33 heavy (non-hydrogen) atoms. The first-order chi connectivity index (χ1) is 15.9. The van der Waals surface area contributed by atoms with Crippen LogP contribution < -0.4 is 4.90 Å². The maximum atomic E-state index is 13.1. The molecule has 2 aromatic carbocycles. The molecule has 2 heterocycles. The number of hydrogen-bond acceptors (Lipinski definition) is 5. The highest BCUT2D eigenvalue weighted by Gasteiger charge is 2.45. The zero-order valence-corrected chi connectivity index (χ0v) is 20.1. The summed E-state index contributed by atoms with van der Waals surface area (Å²) in [4.78, 5) is 33.7. The van der Waals surface area contributed by atoms with E-state index in [1.165, 1.54) is 0 Å². The van der Waals surface area contributed by atoms with Gasteiger partial charge >= 0.3 is 0 Å². The number of aromatic nitrogens is 2. The monoisotopic (exact) mass is 508 g/mol. The van der Waals surface area contributed by atoms with Crippen molar-refractivity contribution in [2.24, 2.45) is 0 Å². The second kappa shape index (κ2) is 9.62. The van der Waals surface area contributed by atoms with Gasteiger partial charge < -0.3 is 19.5 Å². The molecular weight excluding hydrogens is 484 g/mol. The van der Waals surface area contributed by atoms with Crippen LogP contribution in [0.1, 0.15) is 23.6 Å². The number of amides is 1. The Hall–Kier alpha value is -3.39. The lowest BCUT2D eigenvalue weighted by atomic mass is 9.95. The van der Waals surface area contributed by atoms with E-state index in [9.17, 15) is 14.7 Å². The summed E-state index contributed by atoms with van der Waals surface area (Å²) in [5.41, 5.74) is 2.39. The van der Waals surface area contributed by atoms with Crippen LogP contribution in [0, 0.1) is 0 Å². The Labute approximate surface area is 201 Å². The maximum absolute atomic E-state index is 13.1. The summed E-state index contributed by atoms with van der Waals surface area (Å²) in [6, 6.07) is 14.1. The van der Waals surface area contributed by atoms with Crippen molar-refractivity contribution in [1.29, 1.82) is 0 Å². The molecule has 0 radical (unpaired) electrons. The van der Waals surface area contributed by atoms with E-state index in [1.54, 1.807) is 41.7 Å². The van der Waals surface area contributed by atoms with E-state index in [4.69, 9.17) is 0 Å². The Morgan fingerprint density at radius 2 is 1.76 bits per heavy atom. The van der Waals surface area contributed by atoms with E-state index >= 15 is 0 Å². The molecule has 1 amide bonds. The van der Waals surface area contributed by atoms with E-state index < -0.39 is 17.7 Å². The quantitative estimate of drug-likeness (QED) is 0.293. The first-order valence-electron chi connectivity index (χ1n) is 10.6. The smallest absolute Gasteiger partial charge is 0.295 e. The molecule has 7 nitrogen and oxygen atoms in total. The van der Waals surface area contributed by atoms with Gasteiger partial charge in [-0.25, -0.2) is 4.98 Å². The molecule has 4 rings (SSSR count). The van der Waals surface area contributed by atoms with Crippen LogP contribution in [0.3, 0.4) is 0 Å². The number of aliphatic hydroxyl groups is 1. The number of Topliss-reactive ketones (excluding diaryl/α,β-unsaturated/α-hetero) is 1. The molecule has 1 aliphatic heterocycles. The third kappa shape index (κ3) is 4.71. The summed E-state index contributed by atoms with van der Waals surface area (Å²) in [5.74, 6) is -1.43. The van der Waals surface area contributed by atoms with E-state index in [2.05, 4.69) is 20.9 Å². The van der Waals surface area contributed by atoms with Crippen LogP contribution in [-0.4, -0.2) is 51.9 Å². The van der Waals surface area contributed by atoms with Crippen LogP contribution in [0.4, 0.5) is 5.69 Å². The molecule has 1 aliphatic rings. The third-order valence-electron chi connectivity index (χ3n) is 5.76. The number of benzene rings is 2. The number of aliphatic hydroxyl groups excluding tert-OH is 1. The normalized spacial score (nSPS) is 17.5. The average molecular weight is 509 g/mol. The first kappa shape index (κ1) is 22.8. The number of imidazole rings is 1. The van der Waals surface area contributed by atoms with Gasteiger partial charge in [-0.05, 0) is 36.2 Å². The van der Waals surface area contributed by atoms with Gasteiger partial charge in [0.1, 0.15) is 5.76 Å². The lowest BCUT2D eigenvalue weighted by Gasteiger charge is -2.26. The van der Waals surface area contributed by atoms with Gasteiger partial charge in [-0.1, -0.05) is 40.2 Å². The van der Waals surface area contributed by atoms with Crippen molar-refractivity contribution in [1.82, 2.24) is 14.5 Å². The molecular formula is C25H25BrN4O3. The molecule has 1 aromatic heterocycles. The summed E-state index contributed by atoms with van der Waals surface area (Å²) < 4.78 is 2.79. The minimum Gasteiger partial charge on any atom is -0.507 e. The maximum Gasteiger partial charge on any atom is 0.295 e. The van der Waals surface area contributed by atoms with Crippen LogP contribution in [0.15, 0.2) is 77.3 Å². The number of anilines is 1. The zero-order chi connectivity index (χ0) is 23.5. The second-order valence-corrected chi connectivity index (χ2v) is 9.06. The lowest BCUT2D eigenvalue weighted by molar-refractivity contribution is -0.139. The number of carbonyl (C=O) groups excluding carboxylic acids is 2. The van der Waals surface area contributed by atoms with E-state index in [0.717, 1.165) is 15.7 Å². The predicted octanol–water partition coefficient (Wildman–Crippen LogP) is 4.22. The first-order valence-corrected chi connectivity index (χ1v) is 11.4. The molecule has 0 bridgehead atoms. The van der Waals surface area contributed by atoms with Gasteiger partial charge in [-0.2, -0.15) is 0 Å². The molecule has 1 atom stereocenters. The molecule has 1 saturated heterocycles. The molecule has 1 fully saturated rings. The van der Waals surface area contributed by atoms with Crippen molar-refractivity contribution in [3.05, 3.63) is 88.4 Å². The summed E-state index contributed by atoms with van der Waals surface area (Å²) in [6.45, 7) is 1.04. The van der Waals surface area contributed by atoms with E-state index in [-0.39, 0.29) is 11.3 Å². The third-order valence-corrected chi connectivity index (χ3v) is 6.29. The Bertz CT molecular complexity index is 1170. The van der Waals surface area contributed by atoms with Crippen LogP contribution >= 0.6 is 15.9 Å². The van der Waals surface area contributed by atoms with Crippen molar-refractivity contribution >= 4 is 39.1 Å². The van der Waals surface area contributed by atoms with Crippen molar-refractivity contribution in [2.45, 2.75) is 19.0 Å². The SMILES string of the molecule is CN(C)c1ccc(C2/C(=C(/O)c3ccc(Br)cc3)C(=O)C(=O)N2CCCn2ccnc2)cc1. The second-order valence-electron chi connectivity index (χ2n) is 8.14. The number of likely N-dealkylation sites (tertiary alicyclic amines) is 1. The molecule has 170 valence electrons. The van der Waals surface area contributed by atoms with Crippen LogP contribution in [0.2, 0.25) is 0 Å². The van der Waals surface area contributed by atoms with Crippen molar-refractivity contribution in [3.8, 4) is 0 Å². The van der Waals surface area contributed by atoms with Crippen LogP contribution in [-0.2, 0) is 16.1 Å². The summed E-state index contributed by atoms with van der Waals surface area (Å²) in [6.07, 6.45) is 5.93. The zero-order valence-electron chi connectivity index (χ0n) is 18.5. The van der Waals surface area contributed by atoms with Gasteiger partial charge in [0.05, 0.1) is 17.9 Å². The van der Waals surface area contributed by atoms with Crippen molar-refractivity contribution in [2.75, 3.05) is 25.5 Å². The summed E-state index contributed by atoms with van der Waals surface area (Å²) in [7, 11) is 3.90. The predicted molar refractivity (Wildman–Crippen MR) is 131 cm³/mol. The number of aryl methyl sites for hydroxylation is 1. The number of halogens is 1. The minimum absolute atomic E-state index is 0.113. The van der Waals surface area contributed by atoms with Gasteiger partial charge in [0.25, 0.3) is 11.7 Å². The number of hydrogen-bond donors (Lipinski definition) is 1. The van der Waals surface area contributed by atoms with Gasteiger partial charge in [0.15, 0.2) is 0 Å². The number of rotatable bonds is 7. The Morgan fingerprint density at radius 3 is 2.36 bits per heavy atom. The van der Waals surface area contributed by atoms with Crippen molar-refractivity contribution < 1.29 is 14.7 Å². The van der Waals surface area contributed by atoms with E-state index in [0.29, 0.717) is 25.1 Å². The molecule has 0 saturated carbocycles. The average Bonchev–Trinajstić information content (AvgIpc) is 3.41. The Morgan fingerprint density at radius 1 is 1.06 bits per heavy atom. The van der Waals surface area contributed by atoms with Crippen molar-refractivity contribution in [3.63, 3.8) is 0 Å². The van der Waals surface area contributed by atoms with Crippen LogP contribution in [0.5, 0.6) is 0 Å². The molecule has 1 unspecified atom stereocenters. The molecule has 3 aromatic rings. The highest BCUT2D eigenvalue weighted by atomic mass is 79.9. The van der Waals surface area contributed by atoms with Gasteiger partial charge in [-0.15, -0.1) is 0 Å². The molecule has 0 aliphatic carbocycles. The van der Waals surface area contributed by atoms with Gasteiger partial charge in [-0.3, -0.25) is 9.59 Å². The Kier molecular flexibility index (Phi) is 6.65. The lowest BCUT2D eigenvalue weighted by Crippen LogP contribution is -2.31. The fourth-order valence-corrected chi connectivity index (χ4v) is 4.28. The fourth-order valence-electron chi connectivity index (χ4n) is 4.02. The number of carbonyl (C=O) groups is 2. The van der Waals surface area contributed by atoms with Gasteiger partial charge in [0.2, 0.25) is 0 Å².